The molecule has 0 aliphatic heterocycles. The zero-order valence-corrected chi connectivity index (χ0v) is 30.9. The lowest BCUT2D eigenvalue weighted by Crippen LogP contribution is -2.25. The Morgan fingerprint density at radius 1 is 0.543 bits per heavy atom. The third-order valence-electron chi connectivity index (χ3n) is 9.95. The van der Waals surface area contributed by atoms with E-state index in [-0.39, 0.29) is 0 Å². The minimum absolute atomic E-state index is 0.895. The standard InChI is InChI=1S/C44H74N2/c1-4-6-8-10-12-14-16-18-20-22-24-26-28-30-41(40-34-36-46(3)37-35-40)38-43-32-33-44(45)39-42(43)31-29-27-25-23-21-19-17-15-13-11-9-7-5-2/h32-39,45H,4-31H2,1-3H3/p+1. The predicted molar refractivity (Wildman–Crippen MR) is 206 cm³/mol. The van der Waals surface area contributed by atoms with E-state index in [2.05, 4.69) is 74.3 Å². The van der Waals surface area contributed by atoms with Crippen LogP contribution in [-0.2, 0) is 13.5 Å². The van der Waals surface area contributed by atoms with Gasteiger partial charge in [-0.2, -0.15) is 0 Å². The van der Waals surface area contributed by atoms with Gasteiger partial charge >= 0.3 is 0 Å². The van der Waals surface area contributed by atoms with Crippen molar-refractivity contribution in [1.29, 1.82) is 0 Å². The van der Waals surface area contributed by atoms with Crippen molar-refractivity contribution in [1.82, 2.24) is 0 Å². The first-order chi connectivity index (χ1) is 22.6. The number of aromatic nitrogens is 1. The highest BCUT2D eigenvalue weighted by Gasteiger charge is 2.08. The Morgan fingerprint density at radius 2 is 0.957 bits per heavy atom. The summed E-state index contributed by atoms with van der Waals surface area (Å²) in [5.74, 6) is 0. The maximum absolute atomic E-state index is 6.30. The number of benzene rings is 1. The fourth-order valence-corrected chi connectivity index (χ4v) is 6.85. The third kappa shape index (κ3) is 20.2. The Morgan fingerprint density at radius 3 is 1.41 bits per heavy atom. The van der Waals surface area contributed by atoms with Crippen LogP contribution in [0.25, 0.3) is 11.6 Å². The molecule has 0 fully saturated rings. The molecule has 0 saturated carbocycles. The van der Waals surface area contributed by atoms with Gasteiger partial charge in [-0.05, 0) is 60.1 Å². The molecule has 1 heterocycles. The van der Waals surface area contributed by atoms with Gasteiger partial charge in [0.2, 0.25) is 0 Å². The molecule has 0 saturated heterocycles. The van der Waals surface area contributed by atoms with Crippen LogP contribution in [0.5, 0.6) is 0 Å². The van der Waals surface area contributed by atoms with Gasteiger partial charge in [0.25, 0.3) is 0 Å². The number of rotatable bonds is 30. The third-order valence-corrected chi connectivity index (χ3v) is 9.95. The Balaban J connectivity index is 1.76. The first-order valence-electron chi connectivity index (χ1n) is 20.2. The molecule has 0 radical (unpaired) electrons. The molecule has 2 nitrogen and oxygen atoms in total. The number of unbranched alkanes of at least 4 members (excludes halogenated alkanes) is 24. The second-order valence-corrected chi connectivity index (χ2v) is 14.4. The summed E-state index contributed by atoms with van der Waals surface area (Å²) in [5.41, 5.74) is 12.8. The quantitative estimate of drug-likeness (QED) is 0.0519. The van der Waals surface area contributed by atoms with E-state index in [0.717, 1.165) is 18.5 Å². The van der Waals surface area contributed by atoms with Gasteiger partial charge in [-0.1, -0.05) is 180 Å². The van der Waals surface area contributed by atoms with Gasteiger partial charge in [0, 0.05) is 17.8 Å². The van der Waals surface area contributed by atoms with E-state index in [1.807, 2.05) is 0 Å². The van der Waals surface area contributed by atoms with Crippen molar-refractivity contribution in [3.05, 3.63) is 59.4 Å². The largest absolute Gasteiger partial charge is 0.399 e. The molecule has 0 unspecified atom stereocenters. The van der Waals surface area contributed by atoms with Gasteiger partial charge < -0.3 is 5.73 Å². The van der Waals surface area contributed by atoms with Crippen LogP contribution in [0.4, 0.5) is 5.69 Å². The molecule has 1 aromatic heterocycles. The highest BCUT2D eigenvalue weighted by atomic mass is 14.9. The molecule has 0 amide bonds. The number of hydrogen-bond donors (Lipinski definition) is 1. The van der Waals surface area contributed by atoms with Crippen molar-refractivity contribution >= 4 is 17.3 Å². The first kappa shape index (κ1) is 40.1. The van der Waals surface area contributed by atoms with Crippen molar-refractivity contribution in [3.8, 4) is 0 Å². The lowest BCUT2D eigenvalue weighted by atomic mass is 9.93. The normalized spacial score (nSPS) is 11.8. The van der Waals surface area contributed by atoms with Crippen LogP contribution in [0.15, 0.2) is 42.7 Å². The number of allylic oxidation sites excluding steroid dienone is 1. The monoisotopic (exact) mass is 632 g/mol. The van der Waals surface area contributed by atoms with E-state index in [4.69, 9.17) is 5.73 Å². The van der Waals surface area contributed by atoms with Crippen molar-refractivity contribution in [2.75, 3.05) is 5.73 Å². The number of aryl methyl sites for hydroxylation is 2. The zero-order valence-electron chi connectivity index (χ0n) is 30.9. The molecule has 2 aromatic rings. The van der Waals surface area contributed by atoms with Crippen LogP contribution < -0.4 is 10.3 Å². The first-order valence-corrected chi connectivity index (χ1v) is 20.2. The van der Waals surface area contributed by atoms with Gasteiger partial charge in [-0.25, -0.2) is 4.57 Å². The van der Waals surface area contributed by atoms with E-state index < -0.39 is 0 Å². The average Bonchev–Trinajstić information content (AvgIpc) is 3.06. The molecule has 46 heavy (non-hydrogen) atoms. The second-order valence-electron chi connectivity index (χ2n) is 14.4. The van der Waals surface area contributed by atoms with Crippen molar-refractivity contribution in [2.45, 2.75) is 194 Å². The van der Waals surface area contributed by atoms with Gasteiger partial charge in [-0.3, -0.25) is 0 Å². The number of nitrogens with zero attached hydrogens (tertiary/aromatic N) is 1. The number of anilines is 1. The minimum Gasteiger partial charge on any atom is -0.399 e. The minimum atomic E-state index is 0.895. The molecule has 260 valence electrons. The van der Waals surface area contributed by atoms with E-state index in [1.165, 1.54) is 189 Å². The summed E-state index contributed by atoms with van der Waals surface area (Å²) in [7, 11) is 2.10. The van der Waals surface area contributed by atoms with Crippen LogP contribution in [-0.4, -0.2) is 0 Å². The zero-order chi connectivity index (χ0) is 32.9. The van der Waals surface area contributed by atoms with Crippen molar-refractivity contribution in [3.63, 3.8) is 0 Å². The fourth-order valence-electron chi connectivity index (χ4n) is 6.85. The SMILES string of the molecule is CCCCCCCCCCCCCCC/C(=C\c1ccc(N)cc1CCCCCCCCCCCCCCC)c1cc[n+](C)cc1. The molecule has 0 spiro atoms. The summed E-state index contributed by atoms with van der Waals surface area (Å²) in [4.78, 5) is 0. The Kier molecular flexibility index (Phi) is 24.4. The molecule has 1 aromatic carbocycles. The van der Waals surface area contributed by atoms with E-state index >= 15 is 0 Å². The number of pyridine rings is 1. The average molecular weight is 632 g/mol. The predicted octanol–water partition coefficient (Wildman–Crippen LogP) is 13.7. The highest BCUT2D eigenvalue weighted by Crippen LogP contribution is 2.27. The maximum Gasteiger partial charge on any atom is 0.169 e. The van der Waals surface area contributed by atoms with Crippen LogP contribution in [0, 0.1) is 0 Å². The van der Waals surface area contributed by atoms with Crippen LogP contribution in [0.3, 0.4) is 0 Å². The van der Waals surface area contributed by atoms with Crippen LogP contribution in [0.1, 0.15) is 204 Å². The summed E-state index contributed by atoms with van der Waals surface area (Å²) < 4.78 is 2.13. The van der Waals surface area contributed by atoms with Crippen molar-refractivity contribution < 1.29 is 4.57 Å². The summed E-state index contributed by atoms with van der Waals surface area (Å²) >= 11 is 0. The van der Waals surface area contributed by atoms with Crippen molar-refractivity contribution in [2.24, 2.45) is 7.05 Å². The number of hydrogen-bond acceptors (Lipinski definition) is 1. The lowest BCUT2D eigenvalue weighted by molar-refractivity contribution is -0.671. The Hall–Kier alpha value is -2.09. The molecule has 0 atom stereocenters. The Bertz CT molecular complexity index is 1010. The number of nitrogen functional groups attached to an aromatic ring is 1. The Labute approximate surface area is 287 Å². The molecule has 0 aliphatic carbocycles. The number of nitrogens with two attached hydrogens (primary N) is 1. The lowest BCUT2D eigenvalue weighted by Gasteiger charge is -2.12. The van der Waals surface area contributed by atoms with Gasteiger partial charge in [0.1, 0.15) is 7.05 Å². The topological polar surface area (TPSA) is 29.9 Å². The summed E-state index contributed by atoms with van der Waals surface area (Å²) in [6.07, 6.45) is 45.5. The van der Waals surface area contributed by atoms with Crippen LogP contribution >= 0.6 is 0 Å². The van der Waals surface area contributed by atoms with Gasteiger partial charge in [0.05, 0.1) is 0 Å². The molecule has 2 heteroatoms. The van der Waals surface area contributed by atoms with E-state index in [9.17, 15) is 0 Å². The van der Waals surface area contributed by atoms with E-state index in [1.54, 1.807) is 0 Å². The highest BCUT2D eigenvalue weighted by molar-refractivity contribution is 5.82. The molecule has 2 N–H and O–H groups in total. The summed E-state index contributed by atoms with van der Waals surface area (Å²) in [5, 5.41) is 0. The van der Waals surface area contributed by atoms with Crippen LogP contribution in [0.2, 0.25) is 0 Å². The molecule has 0 bridgehead atoms. The maximum atomic E-state index is 6.30. The summed E-state index contributed by atoms with van der Waals surface area (Å²) in [6.45, 7) is 4.60. The molecular formula is C44H75N2+. The van der Waals surface area contributed by atoms with E-state index in [0.29, 0.717) is 0 Å². The fraction of sp³-hybridized carbons (Fsp3) is 0.705. The van der Waals surface area contributed by atoms with Gasteiger partial charge in [-0.15, -0.1) is 0 Å². The molecule has 0 aliphatic rings. The van der Waals surface area contributed by atoms with Gasteiger partial charge in [0.15, 0.2) is 12.4 Å². The summed E-state index contributed by atoms with van der Waals surface area (Å²) in [6, 6.07) is 11.2. The second kappa shape index (κ2) is 28.0. The smallest absolute Gasteiger partial charge is 0.169 e. The molecular weight excluding hydrogens is 556 g/mol. The molecule has 2 rings (SSSR count).